The van der Waals surface area contributed by atoms with Crippen LogP contribution in [0.5, 0.6) is 0 Å². The van der Waals surface area contributed by atoms with Crippen LogP contribution in [0.1, 0.15) is 27.2 Å². The van der Waals surface area contributed by atoms with Gasteiger partial charge in [-0.15, -0.1) is 0 Å². The van der Waals surface area contributed by atoms with Crippen molar-refractivity contribution in [3.8, 4) is 0 Å². The molecule has 0 fully saturated rings. The molecule has 0 aromatic heterocycles. The highest BCUT2D eigenvalue weighted by Gasteiger charge is 2.22. The molecule has 0 aliphatic rings. The zero-order valence-electron chi connectivity index (χ0n) is 10.9. The average Bonchev–Trinajstić information content (AvgIpc) is 2.28. The number of likely N-dealkylation sites (N-methyl/N-ethyl adjacent to an activating group) is 1. The number of rotatable bonds is 6. The Bertz CT molecular complexity index is 258. The van der Waals surface area contributed by atoms with Crippen molar-refractivity contribution >= 4 is 12.0 Å². The lowest BCUT2D eigenvalue weighted by atomic mass is 10.1. The number of hydrogen-bond donors (Lipinski definition) is 2. The minimum absolute atomic E-state index is 0.0775. The van der Waals surface area contributed by atoms with Crippen LogP contribution < -0.4 is 5.32 Å². The first-order chi connectivity index (χ1) is 7.93. The smallest absolute Gasteiger partial charge is 0.406 e. The minimum atomic E-state index is -0.705. The Kier molecular flexibility index (Phi) is 7.29. The number of nitrogens with one attached hydrogen (secondary N) is 1. The van der Waals surface area contributed by atoms with Gasteiger partial charge in [-0.2, -0.15) is 0 Å². The Morgan fingerprint density at radius 3 is 2.47 bits per heavy atom. The van der Waals surface area contributed by atoms with Crippen molar-refractivity contribution in [1.82, 2.24) is 10.2 Å². The summed E-state index contributed by atoms with van der Waals surface area (Å²) < 4.78 is 4.77. The molecule has 1 unspecified atom stereocenters. The van der Waals surface area contributed by atoms with Gasteiger partial charge in [0.25, 0.3) is 0 Å². The largest absolute Gasteiger partial charge is 0.449 e. The Hall–Kier alpha value is -1.30. The summed E-state index contributed by atoms with van der Waals surface area (Å²) in [7, 11) is 1.47. The lowest BCUT2D eigenvalue weighted by molar-refractivity contribution is -0.133. The van der Waals surface area contributed by atoms with E-state index in [2.05, 4.69) is 5.32 Å². The number of amides is 2. The van der Waals surface area contributed by atoms with Crippen LogP contribution >= 0.6 is 0 Å². The van der Waals surface area contributed by atoms with E-state index in [4.69, 9.17) is 4.74 Å². The van der Waals surface area contributed by atoms with Crippen molar-refractivity contribution in [3.63, 3.8) is 0 Å². The predicted molar refractivity (Wildman–Crippen MR) is 63.6 cm³/mol. The van der Waals surface area contributed by atoms with Crippen LogP contribution in [0, 0.1) is 0 Å². The summed E-state index contributed by atoms with van der Waals surface area (Å²) in [6.45, 7) is 5.76. The summed E-state index contributed by atoms with van der Waals surface area (Å²) in [5.74, 6) is -0.0775. The molecule has 2 N–H and O–H groups in total. The molecule has 6 nitrogen and oxygen atoms in total. The molecule has 0 radical (unpaired) electrons. The fourth-order valence-corrected chi connectivity index (χ4v) is 1.59. The molecule has 100 valence electrons. The van der Waals surface area contributed by atoms with Gasteiger partial charge in [0.05, 0.1) is 18.8 Å². The van der Waals surface area contributed by atoms with Crippen molar-refractivity contribution in [2.24, 2.45) is 0 Å². The van der Waals surface area contributed by atoms with E-state index in [9.17, 15) is 14.7 Å². The van der Waals surface area contributed by atoms with Gasteiger partial charge in [-0.05, 0) is 13.8 Å². The van der Waals surface area contributed by atoms with Gasteiger partial charge in [0, 0.05) is 26.9 Å². The molecule has 2 amide bonds. The monoisotopic (exact) mass is 246 g/mol. The highest BCUT2D eigenvalue weighted by atomic mass is 16.5. The summed E-state index contributed by atoms with van der Waals surface area (Å²) in [5.41, 5.74) is 0. The van der Waals surface area contributed by atoms with Crippen LogP contribution in [0.3, 0.4) is 0 Å². The maximum absolute atomic E-state index is 11.3. The molecule has 0 bridgehead atoms. The molecular formula is C11H22N2O4. The standard InChI is InChI=1S/C11H22N2O4/c1-5-13(9(3)14)8(2)10(15)6-7-17-11(16)12-4/h8,10,15H,5-7H2,1-4H3,(H,12,16)/t8-,10?/m0/s1. The SMILES string of the molecule is CCN(C(C)=O)[C@@H](C)C(O)CCOC(=O)NC. The number of alkyl carbamates (subject to hydrolysis) is 1. The number of carbonyl (C=O) groups excluding carboxylic acids is 2. The van der Waals surface area contributed by atoms with E-state index in [1.54, 1.807) is 11.8 Å². The lowest BCUT2D eigenvalue weighted by Crippen LogP contribution is -2.44. The maximum atomic E-state index is 11.3. The second-order valence-electron chi connectivity index (χ2n) is 3.79. The van der Waals surface area contributed by atoms with E-state index in [1.807, 2.05) is 6.92 Å². The van der Waals surface area contributed by atoms with Crippen LogP contribution in [-0.2, 0) is 9.53 Å². The zero-order chi connectivity index (χ0) is 13.4. The summed E-state index contributed by atoms with van der Waals surface area (Å²) >= 11 is 0. The highest BCUT2D eigenvalue weighted by molar-refractivity contribution is 5.73. The first kappa shape index (κ1) is 15.7. The Balaban J connectivity index is 4.08. The number of aliphatic hydroxyl groups excluding tert-OH is 1. The molecule has 0 spiro atoms. The van der Waals surface area contributed by atoms with Crippen LogP contribution in [0.25, 0.3) is 0 Å². The third-order valence-electron chi connectivity index (χ3n) is 2.64. The summed E-state index contributed by atoms with van der Waals surface area (Å²) in [5, 5.41) is 12.2. The van der Waals surface area contributed by atoms with Crippen molar-refractivity contribution in [3.05, 3.63) is 0 Å². The Morgan fingerprint density at radius 1 is 1.47 bits per heavy atom. The zero-order valence-corrected chi connectivity index (χ0v) is 10.9. The van der Waals surface area contributed by atoms with Crippen molar-refractivity contribution in [1.29, 1.82) is 0 Å². The molecule has 0 saturated carbocycles. The summed E-state index contributed by atoms with van der Waals surface area (Å²) in [6, 6.07) is -0.286. The molecule has 0 heterocycles. The first-order valence-electron chi connectivity index (χ1n) is 5.73. The van der Waals surface area contributed by atoms with E-state index in [-0.39, 0.29) is 18.6 Å². The van der Waals surface area contributed by atoms with E-state index in [1.165, 1.54) is 14.0 Å². The van der Waals surface area contributed by atoms with Crippen molar-refractivity contribution in [2.75, 3.05) is 20.2 Å². The quantitative estimate of drug-likeness (QED) is 0.709. The van der Waals surface area contributed by atoms with Gasteiger partial charge >= 0.3 is 6.09 Å². The summed E-state index contributed by atoms with van der Waals surface area (Å²) in [4.78, 5) is 23.6. The number of nitrogens with zero attached hydrogens (tertiary/aromatic N) is 1. The number of ether oxygens (including phenoxy) is 1. The molecule has 0 aliphatic heterocycles. The van der Waals surface area contributed by atoms with Gasteiger partial charge in [-0.25, -0.2) is 4.79 Å². The normalized spacial score (nSPS) is 13.7. The average molecular weight is 246 g/mol. The van der Waals surface area contributed by atoms with E-state index in [0.717, 1.165) is 0 Å². The second kappa shape index (κ2) is 7.89. The van der Waals surface area contributed by atoms with Gasteiger partial charge in [0.2, 0.25) is 5.91 Å². The fraction of sp³-hybridized carbons (Fsp3) is 0.818. The summed E-state index contributed by atoms with van der Waals surface area (Å²) in [6.07, 6.45) is -0.925. The molecule has 0 rings (SSSR count). The molecule has 6 heteroatoms. The molecule has 0 saturated heterocycles. The van der Waals surface area contributed by atoms with Gasteiger partial charge < -0.3 is 20.1 Å². The molecule has 0 aliphatic carbocycles. The van der Waals surface area contributed by atoms with Crippen LogP contribution in [0.15, 0.2) is 0 Å². The van der Waals surface area contributed by atoms with Gasteiger partial charge in [-0.3, -0.25) is 4.79 Å². The van der Waals surface area contributed by atoms with E-state index in [0.29, 0.717) is 13.0 Å². The van der Waals surface area contributed by atoms with Gasteiger partial charge in [0.15, 0.2) is 0 Å². The number of carbonyl (C=O) groups is 2. The molecule has 0 aromatic rings. The van der Waals surface area contributed by atoms with Crippen molar-refractivity contribution < 1.29 is 19.4 Å². The van der Waals surface area contributed by atoms with E-state index < -0.39 is 12.2 Å². The van der Waals surface area contributed by atoms with Gasteiger partial charge in [-0.1, -0.05) is 0 Å². The van der Waals surface area contributed by atoms with Crippen LogP contribution in [-0.4, -0.2) is 54.4 Å². The van der Waals surface area contributed by atoms with E-state index >= 15 is 0 Å². The molecule has 0 aromatic carbocycles. The van der Waals surface area contributed by atoms with Crippen LogP contribution in [0.4, 0.5) is 4.79 Å². The topological polar surface area (TPSA) is 78.9 Å². The fourth-order valence-electron chi connectivity index (χ4n) is 1.59. The second-order valence-corrected chi connectivity index (χ2v) is 3.79. The first-order valence-corrected chi connectivity index (χ1v) is 5.73. The molecule has 17 heavy (non-hydrogen) atoms. The maximum Gasteiger partial charge on any atom is 0.406 e. The molecule has 2 atom stereocenters. The highest BCUT2D eigenvalue weighted by Crippen LogP contribution is 2.08. The minimum Gasteiger partial charge on any atom is -0.449 e. The molecular weight excluding hydrogens is 224 g/mol. The predicted octanol–water partition coefficient (Wildman–Crippen LogP) is 0.350. The van der Waals surface area contributed by atoms with Crippen LogP contribution in [0.2, 0.25) is 0 Å². The number of aliphatic hydroxyl groups is 1. The Morgan fingerprint density at radius 2 is 2.06 bits per heavy atom. The third kappa shape index (κ3) is 5.53. The number of hydrogen-bond acceptors (Lipinski definition) is 4. The van der Waals surface area contributed by atoms with Crippen molar-refractivity contribution in [2.45, 2.75) is 39.3 Å². The Labute approximate surface area is 102 Å². The lowest BCUT2D eigenvalue weighted by Gasteiger charge is -2.30. The third-order valence-corrected chi connectivity index (χ3v) is 2.64. The van der Waals surface area contributed by atoms with Gasteiger partial charge in [0.1, 0.15) is 0 Å².